The summed E-state index contributed by atoms with van der Waals surface area (Å²) in [6.45, 7) is 9.42. The van der Waals surface area contributed by atoms with Gasteiger partial charge in [0.25, 0.3) is 5.82 Å². The van der Waals surface area contributed by atoms with Crippen molar-refractivity contribution in [3.05, 3.63) is 18.2 Å². The minimum Gasteiger partial charge on any atom is -0.234 e. The number of aromatic nitrogens is 2. The van der Waals surface area contributed by atoms with Crippen LogP contribution in [-0.2, 0) is 19.5 Å². The smallest absolute Gasteiger partial charge is 0.234 e. The maximum absolute atomic E-state index is 2.66. The molecule has 0 aromatic carbocycles. The van der Waals surface area contributed by atoms with Gasteiger partial charge in [-0.1, -0.05) is 265 Å². The minimum absolute atomic E-state index is 1.23. The Labute approximate surface area is 342 Å². The van der Waals surface area contributed by atoms with Crippen LogP contribution in [0.25, 0.3) is 0 Å². The molecule has 1 heterocycles. The maximum atomic E-state index is 2.66. The highest BCUT2D eigenvalue weighted by atomic mass is 15.1. The second kappa shape index (κ2) is 43.3. The monoisotopic (exact) mass is 756 g/mol. The van der Waals surface area contributed by atoms with E-state index in [1.165, 1.54) is 296 Å². The Morgan fingerprint density at radius 3 is 0.889 bits per heavy atom. The Kier molecular flexibility index (Phi) is 41.1. The molecule has 0 fully saturated rings. The lowest BCUT2D eigenvalue weighted by Crippen LogP contribution is -2.37. The van der Waals surface area contributed by atoms with Gasteiger partial charge < -0.3 is 0 Å². The average molecular weight is 756 g/mol. The fourth-order valence-electron chi connectivity index (χ4n) is 8.80. The Bertz CT molecular complexity index is 826. The predicted octanol–water partition coefficient (Wildman–Crippen LogP) is 18.2. The topological polar surface area (TPSA) is 8.81 Å². The molecule has 0 unspecified atom stereocenters. The normalized spacial score (nSPS) is 11.7. The van der Waals surface area contributed by atoms with E-state index < -0.39 is 0 Å². The van der Waals surface area contributed by atoms with E-state index in [2.05, 4.69) is 42.3 Å². The Hall–Kier alpha value is -0.790. The summed E-state index contributed by atoms with van der Waals surface area (Å²) >= 11 is 0. The highest BCUT2D eigenvalue weighted by Gasteiger charge is 2.16. The van der Waals surface area contributed by atoms with E-state index in [9.17, 15) is 0 Å². The number of hydrogen-bond acceptors (Lipinski definition) is 0. The van der Waals surface area contributed by atoms with Crippen molar-refractivity contribution in [2.24, 2.45) is 0 Å². The first-order valence-corrected chi connectivity index (χ1v) is 25.9. The van der Waals surface area contributed by atoms with E-state index >= 15 is 0 Å². The Balaban J connectivity index is 2.25. The molecular weight excluding hydrogens is 653 g/mol. The Morgan fingerprint density at radius 2 is 0.574 bits per heavy atom. The third-order valence-corrected chi connectivity index (χ3v) is 12.6. The van der Waals surface area contributed by atoms with Crippen LogP contribution in [0.3, 0.4) is 0 Å². The number of nitrogens with zero attached hydrogens (tertiary/aromatic N) is 2. The molecule has 0 bridgehead atoms. The van der Waals surface area contributed by atoms with Crippen LogP contribution in [-0.4, -0.2) is 4.57 Å². The first-order valence-electron chi connectivity index (χ1n) is 25.9. The van der Waals surface area contributed by atoms with Crippen molar-refractivity contribution < 1.29 is 4.57 Å². The fraction of sp³-hybridized carbons (Fsp3) is 0.942. The number of rotatable bonds is 46. The largest absolute Gasteiger partial charge is 0.256 e. The number of unbranched alkanes of at least 4 members (excludes halogenated alkanes) is 40. The minimum atomic E-state index is 1.23. The van der Waals surface area contributed by atoms with Gasteiger partial charge in [-0.2, -0.15) is 0 Å². The molecule has 0 N–H and O–H groups in total. The van der Waals surface area contributed by atoms with Crippen molar-refractivity contribution in [2.75, 3.05) is 0 Å². The van der Waals surface area contributed by atoms with Crippen LogP contribution in [0.1, 0.15) is 303 Å². The Morgan fingerprint density at radius 1 is 0.315 bits per heavy atom. The molecule has 0 radical (unpaired) electrons. The van der Waals surface area contributed by atoms with E-state index in [4.69, 9.17) is 0 Å². The summed E-state index contributed by atoms with van der Waals surface area (Å²) in [7, 11) is 0. The van der Waals surface area contributed by atoms with Crippen molar-refractivity contribution >= 4 is 0 Å². The third-order valence-electron chi connectivity index (χ3n) is 12.6. The summed E-state index contributed by atoms with van der Waals surface area (Å²) in [5.74, 6) is 1.63. The average Bonchev–Trinajstić information content (AvgIpc) is 3.57. The quantitative estimate of drug-likeness (QED) is 0.0463. The standard InChI is InChI=1S/C52H103N2/c1-4-7-10-13-16-19-22-25-27-28-31-34-37-40-43-46-49-54-51-50-53(48-45-42-39-36-33-30-26-23-20-17-14-11-8-5-2)52(54)47-44-41-38-35-32-29-24-21-18-15-12-9-6-3/h50-51H,4-49H2,1-3H3/q+1. The summed E-state index contributed by atoms with van der Waals surface area (Å²) in [5.41, 5.74) is 0. The van der Waals surface area contributed by atoms with E-state index in [1.54, 1.807) is 5.82 Å². The van der Waals surface area contributed by atoms with Crippen molar-refractivity contribution in [3.8, 4) is 0 Å². The highest BCUT2D eigenvalue weighted by molar-refractivity contribution is 4.84. The molecule has 0 aliphatic rings. The van der Waals surface area contributed by atoms with Crippen LogP contribution in [0.15, 0.2) is 12.4 Å². The number of hydrogen-bond donors (Lipinski definition) is 0. The summed E-state index contributed by atoms with van der Waals surface area (Å²) in [4.78, 5) is 0. The van der Waals surface area contributed by atoms with Gasteiger partial charge in [0.15, 0.2) is 0 Å². The van der Waals surface area contributed by atoms with E-state index in [1.807, 2.05) is 0 Å². The van der Waals surface area contributed by atoms with Gasteiger partial charge in [-0.05, 0) is 32.1 Å². The molecule has 0 saturated heterocycles. The number of imidazole rings is 1. The van der Waals surface area contributed by atoms with E-state index in [-0.39, 0.29) is 0 Å². The lowest BCUT2D eigenvalue weighted by molar-refractivity contribution is -0.704. The molecule has 2 heteroatoms. The zero-order chi connectivity index (χ0) is 38.7. The molecule has 2 nitrogen and oxygen atoms in total. The zero-order valence-electron chi connectivity index (χ0n) is 38.1. The van der Waals surface area contributed by atoms with Gasteiger partial charge in [0.1, 0.15) is 12.4 Å². The van der Waals surface area contributed by atoms with Crippen molar-refractivity contribution in [3.63, 3.8) is 0 Å². The second-order valence-electron chi connectivity index (χ2n) is 18.0. The van der Waals surface area contributed by atoms with Crippen molar-refractivity contribution in [2.45, 2.75) is 316 Å². The molecule has 1 rings (SSSR count). The van der Waals surface area contributed by atoms with Crippen LogP contribution < -0.4 is 4.57 Å². The SMILES string of the molecule is CCCCCCCCCCCCCCCCCC[n+]1ccn(CCCCCCCCCCCCCCCC)c1CCCCCCCCCCCCCCC. The van der Waals surface area contributed by atoms with Crippen LogP contribution in [0, 0.1) is 0 Å². The van der Waals surface area contributed by atoms with Gasteiger partial charge in [-0.3, -0.25) is 0 Å². The molecular formula is C52H103N2+. The van der Waals surface area contributed by atoms with Crippen LogP contribution in [0.5, 0.6) is 0 Å². The first-order chi connectivity index (χ1) is 26.8. The third kappa shape index (κ3) is 34.5. The molecule has 1 aromatic heterocycles. The van der Waals surface area contributed by atoms with Crippen molar-refractivity contribution in [1.82, 2.24) is 4.57 Å². The van der Waals surface area contributed by atoms with Gasteiger partial charge in [0, 0.05) is 6.42 Å². The lowest BCUT2D eigenvalue weighted by atomic mass is 10.0. The predicted molar refractivity (Wildman–Crippen MR) is 244 cm³/mol. The first kappa shape index (κ1) is 51.2. The van der Waals surface area contributed by atoms with Gasteiger partial charge in [-0.15, -0.1) is 0 Å². The number of aryl methyl sites for hydroxylation is 2. The summed E-state index contributed by atoms with van der Waals surface area (Å²) < 4.78 is 5.32. The molecule has 1 aromatic rings. The van der Waals surface area contributed by atoms with Crippen LogP contribution in [0.4, 0.5) is 0 Å². The second-order valence-corrected chi connectivity index (χ2v) is 18.0. The summed E-state index contributed by atoms with van der Waals surface area (Å²) in [5, 5.41) is 0. The maximum Gasteiger partial charge on any atom is 0.256 e. The van der Waals surface area contributed by atoms with Crippen LogP contribution in [0.2, 0.25) is 0 Å². The highest BCUT2D eigenvalue weighted by Crippen LogP contribution is 2.17. The molecule has 0 saturated carbocycles. The molecule has 320 valence electrons. The van der Waals surface area contributed by atoms with Gasteiger partial charge >= 0.3 is 0 Å². The van der Waals surface area contributed by atoms with E-state index in [0.29, 0.717) is 0 Å². The molecule has 54 heavy (non-hydrogen) atoms. The summed E-state index contributed by atoms with van der Waals surface area (Å²) in [6.07, 6.45) is 68.3. The fourth-order valence-corrected chi connectivity index (χ4v) is 8.80. The summed E-state index contributed by atoms with van der Waals surface area (Å²) in [6, 6.07) is 0. The van der Waals surface area contributed by atoms with E-state index in [0.717, 1.165) is 0 Å². The molecule has 0 amide bonds. The molecule has 0 atom stereocenters. The lowest BCUT2D eigenvalue weighted by Gasteiger charge is -2.07. The molecule has 0 aliphatic carbocycles. The zero-order valence-corrected chi connectivity index (χ0v) is 38.1. The van der Waals surface area contributed by atoms with Gasteiger partial charge in [-0.25, -0.2) is 9.13 Å². The van der Waals surface area contributed by atoms with Crippen LogP contribution >= 0.6 is 0 Å². The van der Waals surface area contributed by atoms with Crippen molar-refractivity contribution in [1.29, 1.82) is 0 Å². The molecule has 0 aliphatic heterocycles. The van der Waals surface area contributed by atoms with Gasteiger partial charge in [0.2, 0.25) is 0 Å². The van der Waals surface area contributed by atoms with Gasteiger partial charge in [0.05, 0.1) is 13.1 Å². The molecule has 0 spiro atoms.